The van der Waals surface area contributed by atoms with Crippen LogP contribution in [0.5, 0.6) is 0 Å². The quantitative estimate of drug-likeness (QED) is 0.628. The largest absolute Gasteiger partial charge is 0.481 e. The standard InChI is InChI=1S/C11H16O3/c12-9(13)10-5-1-3-7-11(10,14)8-4-2-6-10/h1,3,14H,2,4-8H2,(H,12,13). The second kappa shape index (κ2) is 3.09. The van der Waals surface area contributed by atoms with Crippen molar-refractivity contribution in [2.45, 2.75) is 44.1 Å². The average molecular weight is 196 g/mol. The Kier molecular flexibility index (Phi) is 2.14. The minimum atomic E-state index is -0.994. The maximum absolute atomic E-state index is 11.3. The maximum Gasteiger partial charge on any atom is 0.312 e. The summed E-state index contributed by atoms with van der Waals surface area (Å²) in [6.45, 7) is 0. The summed E-state index contributed by atoms with van der Waals surface area (Å²) in [4.78, 5) is 11.3. The van der Waals surface area contributed by atoms with Gasteiger partial charge in [0.1, 0.15) is 5.41 Å². The van der Waals surface area contributed by atoms with Gasteiger partial charge in [0.25, 0.3) is 0 Å². The molecule has 0 saturated heterocycles. The van der Waals surface area contributed by atoms with E-state index in [1.165, 1.54) is 0 Å². The Bertz CT molecular complexity index is 284. The highest BCUT2D eigenvalue weighted by Gasteiger charge is 2.56. The summed E-state index contributed by atoms with van der Waals surface area (Å²) >= 11 is 0. The number of fused-ring (bicyclic) bond motifs is 1. The highest BCUT2D eigenvalue weighted by atomic mass is 16.4. The van der Waals surface area contributed by atoms with Crippen LogP contribution >= 0.6 is 0 Å². The number of carboxylic acid groups (broad SMARTS) is 1. The molecule has 1 fully saturated rings. The molecule has 0 bridgehead atoms. The Morgan fingerprint density at radius 3 is 2.43 bits per heavy atom. The van der Waals surface area contributed by atoms with Crippen molar-refractivity contribution in [3.63, 3.8) is 0 Å². The molecule has 0 radical (unpaired) electrons. The van der Waals surface area contributed by atoms with Crippen LogP contribution < -0.4 is 0 Å². The van der Waals surface area contributed by atoms with Gasteiger partial charge in [-0.3, -0.25) is 4.79 Å². The molecule has 0 aromatic carbocycles. The van der Waals surface area contributed by atoms with Crippen LogP contribution in [0.3, 0.4) is 0 Å². The Morgan fingerprint density at radius 2 is 1.79 bits per heavy atom. The van der Waals surface area contributed by atoms with Crippen molar-refractivity contribution in [2.24, 2.45) is 5.41 Å². The number of carbonyl (C=O) groups is 1. The fraction of sp³-hybridized carbons (Fsp3) is 0.727. The lowest BCUT2D eigenvalue weighted by Gasteiger charge is -2.48. The molecule has 0 amide bonds. The number of aliphatic carboxylic acids is 1. The summed E-state index contributed by atoms with van der Waals surface area (Å²) in [5, 5.41) is 19.7. The van der Waals surface area contributed by atoms with E-state index in [1.54, 1.807) is 0 Å². The van der Waals surface area contributed by atoms with E-state index >= 15 is 0 Å². The van der Waals surface area contributed by atoms with Crippen LogP contribution in [0.4, 0.5) is 0 Å². The molecule has 0 aromatic heterocycles. The number of hydrogen-bond acceptors (Lipinski definition) is 2. The molecule has 3 heteroatoms. The molecule has 3 nitrogen and oxygen atoms in total. The van der Waals surface area contributed by atoms with E-state index in [2.05, 4.69) is 0 Å². The highest BCUT2D eigenvalue weighted by Crippen LogP contribution is 2.51. The molecule has 78 valence electrons. The predicted octanol–water partition coefficient (Wildman–Crippen LogP) is 1.71. The lowest BCUT2D eigenvalue weighted by atomic mass is 9.58. The van der Waals surface area contributed by atoms with E-state index in [4.69, 9.17) is 0 Å². The molecule has 2 rings (SSSR count). The molecule has 0 spiro atoms. The summed E-state index contributed by atoms with van der Waals surface area (Å²) in [5.41, 5.74) is -1.90. The van der Waals surface area contributed by atoms with Gasteiger partial charge in [-0.05, 0) is 25.7 Å². The van der Waals surface area contributed by atoms with Crippen LogP contribution in [0.15, 0.2) is 12.2 Å². The third-order valence-electron chi connectivity index (χ3n) is 3.83. The van der Waals surface area contributed by atoms with Gasteiger partial charge in [0, 0.05) is 0 Å². The fourth-order valence-corrected chi connectivity index (χ4v) is 2.86. The Hall–Kier alpha value is -0.830. The second-order valence-electron chi connectivity index (χ2n) is 4.51. The summed E-state index contributed by atoms with van der Waals surface area (Å²) in [7, 11) is 0. The molecule has 2 N–H and O–H groups in total. The molecule has 14 heavy (non-hydrogen) atoms. The lowest BCUT2D eigenvalue weighted by molar-refractivity contribution is -0.178. The summed E-state index contributed by atoms with van der Waals surface area (Å²) in [6.07, 6.45) is 7.90. The summed E-state index contributed by atoms with van der Waals surface area (Å²) in [5.74, 6) is -0.830. The first-order chi connectivity index (χ1) is 6.61. The number of allylic oxidation sites excluding steroid dienone is 1. The van der Waals surface area contributed by atoms with Crippen molar-refractivity contribution >= 4 is 5.97 Å². The molecule has 0 aliphatic heterocycles. The van der Waals surface area contributed by atoms with E-state index in [0.717, 1.165) is 12.8 Å². The van der Waals surface area contributed by atoms with Gasteiger partial charge in [0.15, 0.2) is 0 Å². The fourth-order valence-electron chi connectivity index (χ4n) is 2.86. The van der Waals surface area contributed by atoms with Crippen LogP contribution in [-0.4, -0.2) is 21.8 Å². The predicted molar refractivity (Wildman–Crippen MR) is 51.9 cm³/mol. The highest BCUT2D eigenvalue weighted by molar-refractivity contribution is 5.77. The molecule has 2 unspecified atom stereocenters. The van der Waals surface area contributed by atoms with E-state index < -0.39 is 17.0 Å². The van der Waals surface area contributed by atoms with Crippen LogP contribution in [0.25, 0.3) is 0 Å². The normalized spacial score (nSPS) is 41.8. The van der Waals surface area contributed by atoms with Crippen molar-refractivity contribution in [2.75, 3.05) is 0 Å². The number of rotatable bonds is 1. The van der Waals surface area contributed by atoms with Crippen LogP contribution in [0.2, 0.25) is 0 Å². The third-order valence-corrected chi connectivity index (χ3v) is 3.83. The van der Waals surface area contributed by atoms with Crippen LogP contribution in [0, 0.1) is 5.41 Å². The van der Waals surface area contributed by atoms with Crippen molar-refractivity contribution in [1.29, 1.82) is 0 Å². The minimum absolute atomic E-state index is 0.485. The Morgan fingerprint density at radius 1 is 1.14 bits per heavy atom. The Balaban J connectivity index is 2.40. The maximum atomic E-state index is 11.3. The first-order valence-electron chi connectivity index (χ1n) is 5.22. The van der Waals surface area contributed by atoms with Gasteiger partial charge in [-0.25, -0.2) is 0 Å². The van der Waals surface area contributed by atoms with Gasteiger partial charge >= 0.3 is 5.97 Å². The Labute approximate surface area is 83.4 Å². The van der Waals surface area contributed by atoms with Crippen molar-refractivity contribution in [1.82, 2.24) is 0 Å². The zero-order chi connectivity index (χ0) is 10.2. The topological polar surface area (TPSA) is 57.5 Å². The van der Waals surface area contributed by atoms with Gasteiger partial charge in [-0.1, -0.05) is 25.0 Å². The third kappa shape index (κ3) is 1.12. The molecule has 1 saturated carbocycles. The number of hydrogen-bond donors (Lipinski definition) is 2. The lowest BCUT2D eigenvalue weighted by Crippen LogP contribution is -2.56. The smallest absolute Gasteiger partial charge is 0.312 e. The van der Waals surface area contributed by atoms with Gasteiger partial charge in [-0.15, -0.1) is 0 Å². The second-order valence-corrected chi connectivity index (χ2v) is 4.51. The van der Waals surface area contributed by atoms with Gasteiger partial charge in [0.05, 0.1) is 5.60 Å². The monoisotopic (exact) mass is 196 g/mol. The summed E-state index contributed by atoms with van der Waals surface area (Å²) in [6, 6.07) is 0. The van der Waals surface area contributed by atoms with Gasteiger partial charge in [-0.2, -0.15) is 0 Å². The molecular formula is C11H16O3. The first kappa shape index (κ1) is 9.71. The zero-order valence-corrected chi connectivity index (χ0v) is 8.20. The number of aliphatic hydroxyl groups is 1. The molecule has 2 aliphatic rings. The van der Waals surface area contributed by atoms with Gasteiger partial charge in [0.2, 0.25) is 0 Å². The van der Waals surface area contributed by atoms with Crippen molar-refractivity contribution in [3.8, 4) is 0 Å². The molecule has 2 atom stereocenters. The van der Waals surface area contributed by atoms with E-state index in [0.29, 0.717) is 25.7 Å². The molecular weight excluding hydrogens is 180 g/mol. The van der Waals surface area contributed by atoms with Crippen molar-refractivity contribution < 1.29 is 15.0 Å². The van der Waals surface area contributed by atoms with Gasteiger partial charge < -0.3 is 10.2 Å². The number of carboxylic acids is 1. The zero-order valence-electron chi connectivity index (χ0n) is 8.20. The molecule has 0 aromatic rings. The van der Waals surface area contributed by atoms with Crippen molar-refractivity contribution in [3.05, 3.63) is 12.2 Å². The summed E-state index contributed by atoms with van der Waals surface area (Å²) < 4.78 is 0. The first-order valence-corrected chi connectivity index (χ1v) is 5.22. The van der Waals surface area contributed by atoms with E-state index in [1.807, 2.05) is 12.2 Å². The minimum Gasteiger partial charge on any atom is -0.481 e. The van der Waals surface area contributed by atoms with Crippen LogP contribution in [-0.2, 0) is 4.79 Å². The van der Waals surface area contributed by atoms with E-state index in [9.17, 15) is 15.0 Å². The SMILES string of the molecule is O=C(O)C12CC=CCC1(O)CCCC2. The molecule has 2 aliphatic carbocycles. The van der Waals surface area contributed by atoms with E-state index in [-0.39, 0.29) is 0 Å². The molecule has 0 heterocycles. The van der Waals surface area contributed by atoms with Crippen LogP contribution in [0.1, 0.15) is 38.5 Å². The average Bonchev–Trinajstić information content (AvgIpc) is 2.16.